The molecule has 0 radical (unpaired) electrons. The molecule has 6 heteroatoms. The Balaban J connectivity index is 2.01. The lowest BCUT2D eigenvalue weighted by atomic mass is 10.1. The number of aryl methyl sites for hydroxylation is 1. The Morgan fingerprint density at radius 1 is 1.43 bits per heavy atom. The standard InChI is InChI=1S/C15H20N4O2/c1-18(2)14-5-4-12(16)8-13(14)15(20)21-7-6-11-9-17-19(3)10-11/h4-5,8-10H,6-7,16H2,1-3H3. The molecule has 1 aromatic heterocycles. The Kier molecular flexibility index (Phi) is 4.47. The fourth-order valence-corrected chi connectivity index (χ4v) is 2.05. The summed E-state index contributed by atoms with van der Waals surface area (Å²) in [6, 6.07) is 5.22. The van der Waals surface area contributed by atoms with E-state index < -0.39 is 0 Å². The molecular formula is C15H20N4O2. The Morgan fingerprint density at radius 3 is 2.81 bits per heavy atom. The van der Waals surface area contributed by atoms with Crippen molar-refractivity contribution in [1.29, 1.82) is 0 Å². The van der Waals surface area contributed by atoms with Crippen LogP contribution in [0.25, 0.3) is 0 Å². The predicted octanol–water partition coefficient (Wildman–Crippen LogP) is 1.47. The smallest absolute Gasteiger partial charge is 0.340 e. The number of aromatic nitrogens is 2. The number of nitrogen functional groups attached to an aromatic ring is 1. The van der Waals surface area contributed by atoms with Crippen LogP contribution in [0.1, 0.15) is 15.9 Å². The summed E-state index contributed by atoms with van der Waals surface area (Å²) >= 11 is 0. The van der Waals surface area contributed by atoms with Gasteiger partial charge in [-0.2, -0.15) is 5.10 Å². The van der Waals surface area contributed by atoms with Crippen LogP contribution in [0.4, 0.5) is 11.4 Å². The topological polar surface area (TPSA) is 73.4 Å². The van der Waals surface area contributed by atoms with Crippen LogP contribution in [-0.2, 0) is 18.2 Å². The van der Waals surface area contributed by atoms with Crippen LogP contribution >= 0.6 is 0 Å². The third-order valence-corrected chi connectivity index (χ3v) is 3.10. The minimum Gasteiger partial charge on any atom is -0.462 e. The van der Waals surface area contributed by atoms with Crippen molar-refractivity contribution in [3.63, 3.8) is 0 Å². The third kappa shape index (κ3) is 3.75. The molecule has 2 N–H and O–H groups in total. The first kappa shape index (κ1) is 14.9. The first-order valence-electron chi connectivity index (χ1n) is 6.69. The summed E-state index contributed by atoms with van der Waals surface area (Å²) in [5.74, 6) is -0.366. The van der Waals surface area contributed by atoms with Gasteiger partial charge in [0.15, 0.2) is 0 Å². The van der Waals surface area contributed by atoms with Gasteiger partial charge < -0.3 is 15.4 Å². The van der Waals surface area contributed by atoms with Gasteiger partial charge in [0.05, 0.1) is 24.1 Å². The summed E-state index contributed by atoms with van der Waals surface area (Å²) in [6.45, 7) is 0.312. The Hall–Kier alpha value is -2.50. The maximum absolute atomic E-state index is 12.2. The molecule has 0 unspecified atom stereocenters. The fraction of sp³-hybridized carbons (Fsp3) is 0.333. The van der Waals surface area contributed by atoms with Crippen molar-refractivity contribution in [1.82, 2.24) is 9.78 Å². The summed E-state index contributed by atoms with van der Waals surface area (Å²) in [7, 11) is 5.60. The number of esters is 1. The molecule has 1 heterocycles. The zero-order valence-electron chi connectivity index (χ0n) is 12.5. The average Bonchev–Trinajstić information content (AvgIpc) is 2.84. The lowest BCUT2D eigenvalue weighted by Gasteiger charge is -2.17. The van der Waals surface area contributed by atoms with E-state index in [9.17, 15) is 4.79 Å². The number of hydrogen-bond donors (Lipinski definition) is 1. The lowest BCUT2D eigenvalue weighted by molar-refractivity contribution is 0.0510. The summed E-state index contributed by atoms with van der Waals surface area (Å²) in [5, 5.41) is 4.07. The second-order valence-electron chi connectivity index (χ2n) is 5.08. The number of nitrogens with zero attached hydrogens (tertiary/aromatic N) is 3. The van der Waals surface area contributed by atoms with Crippen molar-refractivity contribution in [2.24, 2.45) is 7.05 Å². The monoisotopic (exact) mass is 288 g/mol. The van der Waals surface area contributed by atoms with Crippen molar-refractivity contribution < 1.29 is 9.53 Å². The second-order valence-corrected chi connectivity index (χ2v) is 5.08. The summed E-state index contributed by atoms with van der Waals surface area (Å²) < 4.78 is 7.05. The highest BCUT2D eigenvalue weighted by molar-refractivity contribution is 5.96. The third-order valence-electron chi connectivity index (χ3n) is 3.10. The molecule has 0 saturated carbocycles. The number of ether oxygens (including phenoxy) is 1. The Labute approximate surface area is 124 Å². The fourth-order valence-electron chi connectivity index (χ4n) is 2.05. The van der Waals surface area contributed by atoms with Crippen LogP contribution in [0.15, 0.2) is 30.6 Å². The number of nitrogens with two attached hydrogens (primary N) is 1. The van der Waals surface area contributed by atoms with Crippen molar-refractivity contribution >= 4 is 17.3 Å². The first-order valence-corrected chi connectivity index (χ1v) is 6.69. The van der Waals surface area contributed by atoms with Gasteiger partial charge >= 0.3 is 5.97 Å². The SMILES string of the molecule is CN(C)c1ccc(N)cc1C(=O)OCCc1cnn(C)c1. The zero-order valence-corrected chi connectivity index (χ0v) is 12.5. The molecule has 0 aliphatic rings. The summed E-state index contributed by atoms with van der Waals surface area (Å²) in [5.41, 5.74) is 8.59. The van der Waals surface area contributed by atoms with Gasteiger partial charge in [0.25, 0.3) is 0 Å². The minimum absolute atomic E-state index is 0.312. The van der Waals surface area contributed by atoms with E-state index in [1.54, 1.807) is 23.0 Å². The molecular weight excluding hydrogens is 268 g/mol. The van der Waals surface area contributed by atoms with Crippen LogP contribution in [0.3, 0.4) is 0 Å². The molecule has 0 bridgehead atoms. The van der Waals surface area contributed by atoms with Crippen LogP contribution in [0.5, 0.6) is 0 Å². The molecule has 6 nitrogen and oxygen atoms in total. The highest BCUT2D eigenvalue weighted by Crippen LogP contribution is 2.22. The largest absolute Gasteiger partial charge is 0.462 e. The second kappa shape index (κ2) is 6.30. The molecule has 2 aromatic rings. The van der Waals surface area contributed by atoms with E-state index >= 15 is 0 Å². The Morgan fingerprint density at radius 2 is 2.19 bits per heavy atom. The van der Waals surface area contributed by atoms with Crippen LogP contribution in [0, 0.1) is 0 Å². The highest BCUT2D eigenvalue weighted by Gasteiger charge is 2.14. The quantitative estimate of drug-likeness (QED) is 0.666. The van der Waals surface area contributed by atoms with Gasteiger partial charge in [0, 0.05) is 39.4 Å². The van der Waals surface area contributed by atoms with Gasteiger partial charge in [0.1, 0.15) is 0 Å². The molecule has 0 fully saturated rings. The van der Waals surface area contributed by atoms with E-state index in [-0.39, 0.29) is 5.97 Å². The predicted molar refractivity (Wildman–Crippen MR) is 82.4 cm³/mol. The van der Waals surface area contributed by atoms with E-state index in [1.807, 2.05) is 38.3 Å². The van der Waals surface area contributed by atoms with Gasteiger partial charge in [-0.3, -0.25) is 4.68 Å². The molecule has 2 rings (SSSR count). The molecule has 0 aliphatic heterocycles. The zero-order chi connectivity index (χ0) is 15.4. The normalized spacial score (nSPS) is 10.4. The maximum atomic E-state index is 12.2. The van der Waals surface area contributed by atoms with Crippen LogP contribution in [-0.4, -0.2) is 36.5 Å². The first-order chi connectivity index (χ1) is 9.97. The van der Waals surface area contributed by atoms with E-state index in [0.29, 0.717) is 24.3 Å². The van der Waals surface area contributed by atoms with Crippen molar-refractivity contribution in [3.8, 4) is 0 Å². The van der Waals surface area contributed by atoms with Gasteiger partial charge in [-0.15, -0.1) is 0 Å². The van der Waals surface area contributed by atoms with E-state index in [1.165, 1.54) is 0 Å². The number of carbonyl (C=O) groups excluding carboxylic acids is 1. The number of rotatable bonds is 5. The number of benzene rings is 1. The highest BCUT2D eigenvalue weighted by atomic mass is 16.5. The molecule has 0 aliphatic carbocycles. The number of hydrogen-bond acceptors (Lipinski definition) is 5. The van der Waals surface area contributed by atoms with Gasteiger partial charge in [-0.1, -0.05) is 0 Å². The van der Waals surface area contributed by atoms with Crippen molar-refractivity contribution in [2.45, 2.75) is 6.42 Å². The maximum Gasteiger partial charge on any atom is 0.340 e. The molecule has 0 spiro atoms. The van der Waals surface area contributed by atoms with Gasteiger partial charge in [-0.25, -0.2) is 4.79 Å². The van der Waals surface area contributed by atoms with Crippen molar-refractivity contribution in [2.75, 3.05) is 31.3 Å². The molecule has 1 aromatic carbocycles. The van der Waals surface area contributed by atoms with Gasteiger partial charge in [0.2, 0.25) is 0 Å². The lowest BCUT2D eigenvalue weighted by Crippen LogP contribution is -2.16. The van der Waals surface area contributed by atoms with E-state index in [0.717, 1.165) is 11.3 Å². The summed E-state index contributed by atoms with van der Waals surface area (Å²) in [4.78, 5) is 14.1. The van der Waals surface area contributed by atoms with Gasteiger partial charge in [-0.05, 0) is 23.8 Å². The minimum atomic E-state index is -0.366. The van der Waals surface area contributed by atoms with E-state index in [2.05, 4.69) is 5.10 Å². The van der Waals surface area contributed by atoms with E-state index in [4.69, 9.17) is 10.5 Å². The molecule has 0 saturated heterocycles. The van der Waals surface area contributed by atoms with Crippen LogP contribution < -0.4 is 10.6 Å². The molecule has 21 heavy (non-hydrogen) atoms. The van der Waals surface area contributed by atoms with Crippen LogP contribution in [0.2, 0.25) is 0 Å². The molecule has 0 atom stereocenters. The molecule has 0 amide bonds. The molecule has 112 valence electrons. The Bertz CT molecular complexity index is 634. The number of anilines is 2. The average molecular weight is 288 g/mol. The summed E-state index contributed by atoms with van der Waals surface area (Å²) in [6.07, 6.45) is 4.30. The van der Waals surface area contributed by atoms with Crippen molar-refractivity contribution in [3.05, 3.63) is 41.7 Å². The number of carbonyl (C=O) groups is 1.